The van der Waals surface area contributed by atoms with Gasteiger partial charge in [-0.3, -0.25) is 9.52 Å². The molecular formula is C18H19N3O3S3. The predicted octanol–water partition coefficient (Wildman–Crippen LogP) is 3.64. The summed E-state index contributed by atoms with van der Waals surface area (Å²) in [4.78, 5) is 16.7. The minimum absolute atomic E-state index is 0.0562. The van der Waals surface area contributed by atoms with E-state index in [1.165, 1.54) is 23.1 Å². The van der Waals surface area contributed by atoms with Crippen LogP contribution >= 0.6 is 23.1 Å². The van der Waals surface area contributed by atoms with Crippen LogP contribution in [0.1, 0.15) is 18.5 Å². The van der Waals surface area contributed by atoms with Crippen molar-refractivity contribution in [2.75, 3.05) is 16.7 Å². The number of aromatic nitrogens is 1. The van der Waals surface area contributed by atoms with Crippen LogP contribution in [-0.4, -0.2) is 31.3 Å². The fourth-order valence-corrected chi connectivity index (χ4v) is 4.95. The van der Waals surface area contributed by atoms with Crippen LogP contribution in [0.5, 0.6) is 0 Å². The maximum atomic E-state index is 12.2. The van der Waals surface area contributed by atoms with Gasteiger partial charge in [0, 0.05) is 0 Å². The van der Waals surface area contributed by atoms with Crippen molar-refractivity contribution in [1.29, 1.82) is 0 Å². The third-order valence-electron chi connectivity index (χ3n) is 3.68. The molecule has 0 aliphatic carbocycles. The fourth-order valence-electron chi connectivity index (χ4n) is 2.48. The van der Waals surface area contributed by atoms with Gasteiger partial charge in [0.1, 0.15) is 0 Å². The predicted molar refractivity (Wildman–Crippen MR) is 112 cm³/mol. The smallest absolute Gasteiger partial charge is 0.230 e. The molecule has 0 unspecified atom stereocenters. The molecule has 0 bridgehead atoms. The van der Waals surface area contributed by atoms with Crippen molar-refractivity contribution < 1.29 is 13.2 Å². The summed E-state index contributed by atoms with van der Waals surface area (Å²) in [7, 11) is -3.32. The van der Waals surface area contributed by atoms with E-state index in [0.717, 1.165) is 26.4 Å². The molecule has 1 heterocycles. The molecule has 1 aromatic heterocycles. The van der Waals surface area contributed by atoms with E-state index in [2.05, 4.69) is 15.0 Å². The molecule has 3 rings (SSSR count). The van der Waals surface area contributed by atoms with E-state index in [4.69, 9.17) is 0 Å². The molecule has 2 aromatic carbocycles. The monoisotopic (exact) mass is 421 g/mol. The van der Waals surface area contributed by atoms with E-state index in [9.17, 15) is 13.2 Å². The summed E-state index contributed by atoms with van der Waals surface area (Å²) >= 11 is 2.80. The quantitative estimate of drug-likeness (QED) is 0.569. The Hall–Kier alpha value is -2.10. The van der Waals surface area contributed by atoms with Gasteiger partial charge in [0.2, 0.25) is 15.9 Å². The summed E-state index contributed by atoms with van der Waals surface area (Å²) in [5.74, 6) is 0.209. The molecule has 1 atom stereocenters. The summed E-state index contributed by atoms with van der Waals surface area (Å²) in [6.45, 7) is 1.95. The summed E-state index contributed by atoms with van der Waals surface area (Å²) in [6.07, 6.45) is 1.11. The van der Waals surface area contributed by atoms with Crippen LogP contribution in [0.2, 0.25) is 0 Å². The van der Waals surface area contributed by atoms with Crippen LogP contribution in [-0.2, 0) is 14.8 Å². The second-order valence-corrected chi connectivity index (χ2v) is 10.0. The van der Waals surface area contributed by atoms with Gasteiger partial charge in [-0.2, -0.15) is 0 Å². The Bertz CT molecular complexity index is 1050. The zero-order valence-corrected chi connectivity index (χ0v) is 17.2. The Kier molecular flexibility index (Phi) is 6.03. The molecule has 3 aromatic rings. The molecule has 0 radical (unpaired) electrons. The highest BCUT2D eigenvalue weighted by atomic mass is 32.2. The van der Waals surface area contributed by atoms with E-state index in [-0.39, 0.29) is 17.7 Å². The number of amides is 1. The van der Waals surface area contributed by atoms with Gasteiger partial charge in [0.25, 0.3) is 0 Å². The zero-order chi connectivity index (χ0) is 19.4. The molecular weight excluding hydrogens is 402 g/mol. The van der Waals surface area contributed by atoms with Gasteiger partial charge in [-0.25, -0.2) is 13.4 Å². The standard InChI is InChI=1S/C18H19N3O3S3/c1-12(13-6-4-3-5-7-13)19-17(22)11-25-18-20-15-9-8-14(10-16(15)26-18)21-27(2,23)24/h3-10,12,21H,11H2,1-2H3,(H,19,22)/t12-/m0/s1. The van der Waals surface area contributed by atoms with E-state index < -0.39 is 10.0 Å². The van der Waals surface area contributed by atoms with Gasteiger partial charge in [0.15, 0.2) is 4.34 Å². The molecule has 0 aliphatic rings. The molecule has 2 N–H and O–H groups in total. The molecule has 9 heteroatoms. The van der Waals surface area contributed by atoms with Crippen LogP contribution < -0.4 is 10.0 Å². The topological polar surface area (TPSA) is 88.2 Å². The summed E-state index contributed by atoms with van der Waals surface area (Å²) in [5, 5.41) is 2.98. The molecule has 0 saturated heterocycles. The minimum Gasteiger partial charge on any atom is -0.349 e. The van der Waals surface area contributed by atoms with E-state index in [0.29, 0.717) is 5.69 Å². The number of benzene rings is 2. The van der Waals surface area contributed by atoms with Gasteiger partial charge in [-0.1, -0.05) is 42.1 Å². The first kappa shape index (κ1) is 19.7. The second kappa shape index (κ2) is 8.28. The minimum atomic E-state index is -3.32. The third kappa shape index (κ3) is 5.69. The third-order valence-corrected chi connectivity index (χ3v) is 6.44. The highest BCUT2D eigenvalue weighted by Crippen LogP contribution is 2.31. The molecule has 0 fully saturated rings. The van der Waals surface area contributed by atoms with Gasteiger partial charge in [-0.15, -0.1) is 11.3 Å². The number of sulfonamides is 1. The Labute approximate surface area is 166 Å². The fraction of sp³-hybridized carbons (Fsp3) is 0.222. The Morgan fingerprint density at radius 1 is 1.22 bits per heavy atom. The molecule has 1 amide bonds. The van der Waals surface area contributed by atoms with Crippen LogP contribution in [0.25, 0.3) is 10.2 Å². The summed E-state index contributed by atoms with van der Waals surface area (Å²) < 4.78 is 26.8. The Balaban J connectivity index is 1.60. The van der Waals surface area contributed by atoms with E-state index in [1.807, 2.05) is 37.3 Å². The zero-order valence-electron chi connectivity index (χ0n) is 14.8. The molecule has 0 saturated carbocycles. The Morgan fingerprint density at radius 2 is 1.96 bits per heavy atom. The number of carbonyl (C=O) groups excluding carboxylic acids is 1. The van der Waals surface area contributed by atoms with Gasteiger partial charge in [0.05, 0.1) is 34.0 Å². The molecule has 6 nitrogen and oxygen atoms in total. The lowest BCUT2D eigenvalue weighted by Crippen LogP contribution is -2.28. The van der Waals surface area contributed by atoms with Gasteiger partial charge in [-0.05, 0) is 30.7 Å². The van der Waals surface area contributed by atoms with Crippen molar-refractivity contribution in [2.45, 2.75) is 17.3 Å². The summed E-state index contributed by atoms with van der Waals surface area (Å²) in [6, 6.07) is 14.9. The van der Waals surface area contributed by atoms with Crippen molar-refractivity contribution in [1.82, 2.24) is 10.3 Å². The van der Waals surface area contributed by atoms with Crippen molar-refractivity contribution in [3.05, 3.63) is 54.1 Å². The first-order valence-corrected chi connectivity index (χ1v) is 11.8. The number of nitrogens with one attached hydrogen (secondary N) is 2. The number of thiazole rings is 1. The molecule has 0 aliphatic heterocycles. The molecule has 0 spiro atoms. The number of nitrogens with zero attached hydrogens (tertiary/aromatic N) is 1. The van der Waals surface area contributed by atoms with Gasteiger partial charge >= 0.3 is 0 Å². The Morgan fingerprint density at radius 3 is 2.67 bits per heavy atom. The average molecular weight is 422 g/mol. The maximum absolute atomic E-state index is 12.2. The highest BCUT2D eigenvalue weighted by molar-refractivity contribution is 8.01. The number of anilines is 1. The lowest BCUT2D eigenvalue weighted by Gasteiger charge is -2.13. The number of hydrogen-bond donors (Lipinski definition) is 2. The average Bonchev–Trinajstić information content (AvgIpc) is 3.01. The van der Waals surface area contributed by atoms with Crippen LogP contribution in [0.3, 0.4) is 0 Å². The van der Waals surface area contributed by atoms with E-state index >= 15 is 0 Å². The first-order valence-electron chi connectivity index (χ1n) is 8.16. The second-order valence-electron chi connectivity index (χ2n) is 6.03. The van der Waals surface area contributed by atoms with Crippen molar-refractivity contribution in [3.63, 3.8) is 0 Å². The highest BCUT2D eigenvalue weighted by Gasteiger charge is 2.12. The lowest BCUT2D eigenvalue weighted by molar-refractivity contribution is -0.119. The SMILES string of the molecule is C[C@H](NC(=O)CSc1nc2ccc(NS(C)(=O)=O)cc2s1)c1ccccc1. The van der Waals surface area contributed by atoms with Crippen molar-refractivity contribution in [2.24, 2.45) is 0 Å². The number of carbonyl (C=O) groups is 1. The molecule has 27 heavy (non-hydrogen) atoms. The van der Waals surface area contributed by atoms with Crippen LogP contribution in [0, 0.1) is 0 Å². The molecule has 142 valence electrons. The van der Waals surface area contributed by atoms with Gasteiger partial charge < -0.3 is 5.32 Å². The number of hydrogen-bond acceptors (Lipinski definition) is 6. The number of rotatable bonds is 7. The lowest BCUT2D eigenvalue weighted by atomic mass is 10.1. The number of fused-ring (bicyclic) bond motifs is 1. The number of thioether (sulfide) groups is 1. The largest absolute Gasteiger partial charge is 0.349 e. The van der Waals surface area contributed by atoms with Crippen LogP contribution in [0.4, 0.5) is 5.69 Å². The summed E-state index contributed by atoms with van der Waals surface area (Å²) in [5.41, 5.74) is 2.33. The van der Waals surface area contributed by atoms with Crippen molar-refractivity contribution >= 4 is 54.9 Å². The van der Waals surface area contributed by atoms with Crippen LogP contribution in [0.15, 0.2) is 52.9 Å². The first-order chi connectivity index (χ1) is 12.8. The van der Waals surface area contributed by atoms with E-state index in [1.54, 1.807) is 18.2 Å². The van der Waals surface area contributed by atoms with Crippen molar-refractivity contribution in [3.8, 4) is 0 Å². The maximum Gasteiger partial charge on any atom is 0.230 e. The normalized spacial score (nSPS) is 12.7.